The van der Waals surface area contributed by atoms with Gasteiger partial charge in [-0.25, -0.2) is 4.98 Å². The minimum absolute atomic E-state index is 0.626. The highest BCUT2D eigenvalue weighted by Gasteiger charge is 2.11. The lowest BCUT2D eigenvalue weighted by Crippen LogP contribution is -2.03. The van der Waals surface area contributed by atoms with E-state index in [1.54, 1.807) is 6.20 Å². The maximum atomic E-state index is 4.63. The third-order valence-electron chi connectivity index (χ3n) is 3.25. The van der Waals surface area contributed by atoms with Gasteiger partial charge in [0.05, 0.1) is 17.3 Å². The molecule has 0 aliphatic carbocycles. The van der Waals surface area contributed by atoms with Gasteiger partial charge in [0.25, 0.3) is 0 Å². The number of benzene rings is 1. The van der Waals surface area contributed by atoms with Crippen LogP contribution in [0.1, 0.15) is 19.4 Å². The van der Waals surface area contributed by atoms with Crippen LogP contribution >= 0.6 is 0 Å². The Hall–Kier alpha value is -2.43. The van der Waals surface area contributed by atoms with Crippen LogP contribution < -0.4 is 5.32 Å². The zero-order valence-electron chi connectivity index (χ0n) is 11.6. The quantitative estimate of drug-likeness (QED) is 0.762. The molecule has 5 nitrogen and oxygen atoms in total. The Morgan fingerprint density at radius 2 is 2.10 bits per heavy atom. The lowest BCUT2D eigenvalue weighted by Gasteiger charge is -2.07. The fraction of sp³-hybridized carbons (Fsp3) is 0.267. The van der Waals surface area contributed by atoms with Crippen LogP contribution in [0.15, 0.2) is 30.5 Å². The van der Waals surface area contributed by atoms with Gasteiger partial charge in [-0.15, -0.1) is 0 Å². The Bertz CT molecular complexity index is 732. The zero-order chi connectivity index (χ0) is 13.9. The number of fused-ring (bicyclic) bond motifs is 1. The molecule has 2 aromatic heterocycles. The molecule has 20 heavy (non-hydrogen) atoms. The molecule has 1 aromatic carbocycles. The van der Waals surface area contributed by atoms with Gasteiger partial charge in [-0.2, -0.15) is 10.1 Å². The van der Waals surface area contributed by atoms with Crippen molar-refractivity contribution in [1.82, 2.24) is 20.2 Å². The first-order valence-corrected chi connectivity index (χ1v) is 6.86. The van der Waals surface area contributed by atoms with Crippen molar-refractivity contribution in [3.8, 4) is 11.3 Å². The van der Waals surface area contributed by atoms with E-state index >= 15 is 0 Å². The van der Waals surface area contributed by atoms with Gasteiger partial charge in [0.1, 0.15) is 0 Å². The van der Waals surface area contributed by atoms with Crippen molar-refractivity contribution in [3.05, 3.63) is 36.0 Å². The Balaban J connectivity index is 2.19. The Labute approximate surface area is 117 Å². The lowest BCUT2D eigenvalue weighted by molar-refractivity contribution is 1.07. The van der Waals surface area contributed by atoms with Crippen molar-refractivity contribution in [1.29, 1.82) is 0 Å². The predicted molar refractivity (Wildman–Crippen MR) is 80.7 cm³/mol. The first-order valence-electron chi connectivity index (χ1n) is 6.86. The third kappa shape index (κ3) is 2.22. The largest absolute Gasteiger partial charge is 0.354 e. The van der Waals surface area contributed by atoms with Crippen LogP contribution in [-0.2, 0) is 6.42 Å². The number of hydrogen-bond donors (Lipinski definition) is 2. The van der Waals surface area contributed by atoms with E-state index < -0.39 is 0 Å². The highest BCUT2D eigenvalue weighted by atomic mass is 15.2. The molecule has 0 aliphatic heterocycles. The number of nitrogens with zero attached hydrogens (tertiary/aromatic N) is 3. The van der Waals surface area contributed by atoms with Crippen LogP contribution in [0.5, 0.6) is 0 Å². The van der Waals surface area contributed by atoms with E-state index in [1.165, 1.54) is 5.56 Å². The Kier molecular flexibility index (Phi) is 3.33. The zero-order valence-corrected chi connectivity index (χ0v) is 11.6. The highest BCUT2D eigenvalue weighted by molar-refractivity contribution is 5.90. The number of H-pyrrole nitrogens is 1. The molecule has 3 aromatic rings. The third-order valence-corrected chi connectivity index (χ3v) is 3.25. The second-order valence-electron chi connectivity index (χ2n) is 4.61. The van der Waals surface area contributed by atoms with Gasteiger partial charge >= 0.3 is 0 Å². The Morgan fingerprint density at radius 3 is 2.90 bits per heavy atom. The fourth-order valence-corrected chi connectivity index (χ4v) is 2.23. The first-order chi connectivity index (χ1) is 9.81. The maximum Gasteiger partial charge on any atom is 0.225 e. The number of anilines is 1. The van der Waals surface area contributed by atoms with Gasteiger partial charge in [0.15, 0.2) is 5.65 Å². The van der Waals surface area contributed by atoms with Crippen LogP contribution in [0.2, 0.25) is 0 Å². The molecule has 102 valence electrons. The van der Waals surface area contributed by atoms with E-state index in [-0.39, 0.29) is 0 Å². The maximum absolute atomic E-state index is 4.63. The second-order valence-corrected chi connectivity index (χ2v) is 4.61. The molecule has 0 saturated heterocycles. The molecule has 2 N–H and O–H groups in total. The Morgan fingerprint density at radius 1 is 1.20 bits per heavy atom. The average molecular weight is 267 g/mol. The molecule has 0 unspecified atom stereocenters. The summed E-state index contributed by atoms with van der Waals surface area (Å²) in [4.78, 5) is 9.04. The topological polar surface area (TPSA) is 66.5 Å². The van der Waals surface area contributed by atoms with Crippen molar-refractivity contribution >= 4 is 17.0 Å². The minimum atomic E-state index is 0.626. The van der Waals surface area contributed by atoms with Gasteiger partial charge in [-0.1, -0.05) is 25.1 Å². The standard InChI is InChI=1S/C15H17N5/c1-3-10-6-5-7-11(8-10)13-12-9-17-20-14(12)19-15(18-13)16-4-2/h5-9H,3-4H2,1-2H3,(H2,16,17,18,19,20). The molecule has 0 aliphatic rings. The number of aryl methyl sites for hydroxylation is 1. The molecular weight excluding hydrogens is 250 g/mol. The van der Waals surface area contributed by atoms with Gasteiger partial charge in [0.2, 0.25) is 5.95 Å². The summed E-state index contributed by atoms with van der Waals surface area (Å²) in [5.74, 6) is 0.626. The lowest BCUT2D eigenvalue weighted by atomic mass is 10.0. The van der Waals surface area contributed by atoms with Crippen LogP contribution in [0, 0.1) is 0 Å². The summed E-state index contributed by atoms with van der Waals surface area (Å²) in [6.45, 7) is 4.96. The van der Waals surface area contributed by atoms with Crippen LogP contribution in [-0.4, -0.2) is 26.7 Å². The van der Waals surface area contributed by atoms with Gasteiger partial charge in [0, 0.05) is 12.1 Å². The summed E-state index contributed by atoms with van der Waals surface area (Å²) in [5, 5.41) is 11.1. The van der Waals surface area contributed by atoms with Crippen LogP contribution in [0.4, 0.5) is 5.95 Å². The number of hydrogen-bond acceptors (Lipinski definition) is 4. The molecule has 0 bridgehead atoms. The minimum Gasteiger partial charge on any atom is -0.354 e. The molecule has 0 saturated carbocycles. The number of aromatic nitrogens is 4. The van der Waals surface area contributed by atoms with E-state index in [9.17, 15) is 0 Å². The average Bonchev–Trinajstić information content (AvgIpc) is 2.95. The molecule has 5 heteroatoms. The summed E-state index contributed by atoms with van der Waals surface area (Å²) in [6, 6.07) is 8.44. The summed E-state index contributed by atoms with van der Waals surface area (Å²) in [6.07, 6.45) is 2.78. The number of nitrogens with one attached hydrogen (secondary N) is 2. The fourth-order valence-electron chi connectivity index (χ4n) is 2.23. The van der Waals surface area contributed by atoms with Crippen molar-refractivity contribution in [3.63, 3.8) is 0 Å². The summed E-state index contributed by atoms with van der Waals surface area (Å²) in [7, 11) is 0. The van der Waals surface area contributed by atoms with E-state index in [4.69, 9.17) is 0 Å². The molecule has 3 rings (SSSR count). The van der Waals surface area contributed by atoms with Crippen LogP contribution in [0.3, 0.4) is 0 Å². The molecule has 0 amide bonds. The van der Waals surface area contributed by atoms with E-state index in [2.05, 4.69) is 56.7 Å². The summed E-state index contributed by atoms with van der Waals surface area (Å²) in [5.41, 5.74) is 4.06. The molecule has 0 atom stereocenters. The molecule has 0 spiro atoms. The number of rotatable bonds is 4. The van der Waals surface area contributed by atoms with Crippen molar-refractivity contribution in [2.24, 2.45) is 0 Å². The SMILES string of the molecule is CCNc1nc(-c2cccc(CC)c2)c2cn[nH]c2n1. The van der Waals surface area contributed by atoms with Crippen molar-refractivity contribution in [2.75, 3.05) is 11.9 Å². The molecule has 0 fully saturated rings. The molecule has 0 radical (unpaired) electrons. The number of aromatic amines is 1. The normalized spacial score (nSPS) is 10.9. The van der Waals surface area contributed by atoms with E-state index in [0.717, 1.165) is 35.3 Å². The molecular formula is C15H17N5. The second kappa shape index (κ2) is 5.28. The highest BCUT2D eigenvalue weighted by Crippen LogP contribution is 2.26. The van der Waals surface area contributed by atoms with Crippen molar-refractivity contribution < 1.29 is 0 Å². The van der Waals surface area contributed by atoms with Crippen molar-refractivity contribution in [2.45, 2.75) is 20.3 Å². The predicted octanol–water partition coefficient (Wildman–Crippen LogP) is 3.01. The monoisotopic (exact) mass is 267 g/mol. The summed E-state index contributed by atoms with van der Waals surface area (Å²) >= 11 is 0. The first kappa shape index (κ1) is 12.6. The van der Waals surface area contributed by atoms with E-state index in [1.807, 2.05) is 6.92 Å². The smallest absolute Gasteiger partial charge is 0.225 e. The summed E-state index contributed by atoms with van der Waals surface area (Å²) < 4.78 is 0. The van der Waals surface area contributed by atoms with Gasteiger partial charge in [-0.05, 0) is 25.0 Å². The van der Waals surface area contributed by atoms with Crippen LogP contribution in [0.25, 0.3) is 22.3 Å². The van der Waals surface area contributed by atoms with E-state index in [0.29, 0.717) is 5.95 Å². The molecule has 2 heterocycles. The van der Waals surface area contributed by atoms with Gasteiger partial charge in [-0.3, -0.25) is 5.10 Å². The van der Waals surface area contributed by atoms with Gasteiger partial charge < -0.3 is 5.32 Å².